The normalized spacial score (nSPS) is 23.2. The maximum Gasteiger partial charge on any atom is 0.0557 e. The Morgan fingerprint density at radius 1 is 0.897 bits per heavy atom. The van der Waals surface area contributed by atoms with Crippen molar-refractivity contribution in [2.24, 2.45) is 5.92 Å². The number of aromatic nitrogens is 1. The van der Waals surface area contributed by atoms with Crippen LogP contribution >= 0.6 is 0 Å². The Morgan fingerprint density at radius 2 is 1.59 bits per heavy atom. The Kier molecular flexibility index (Phi) is 5.45. The molecule has 2 fully saturated rings. The quantitative estimate of drug-likeness (QED) is 0.763. The van der Waals surface area contributed by atoms with Crippen molar-refractivity contribution in [3.8, 4) is 0 Å². The second-order valence-electron chi connectivity index (χ2n) is 9.63. The van der Waals surface area contributed by atoms with E-state index in [1.807, 2.05) is 0 Å². The molecule has 29 heavy (non-hydrogen) atoms. The highest BCUT2D eigenvalue weighted by Crippen LogP contribution is 2.43. The van der Waals surface area contributed by atoms with E-state index in [-0.39, 0.29) is 5.54 Å². The van der Waals surface area contributed by atoms with Crippen LogP contribution in [0.4, 0.5) is 0 Å². The summed E-state index contributed by atoms with van der Waals surface area (Å²) in [4.78, 5) is 10.2. The van der Waals surface area contributed by atoms with Crippen LogP contribution in [0.15, 0.2) is 42.6 Å². The summed E-state index contributed by atoms with van der Waals surface area (Å²) in [5, 5.41) is 0. The number of hydrogen-bond acceptors (Lipinski definition) is 3. The van der Waals surface area contributed by atoms with Gasteiger partial charge >= 0.3 is 0 Å². The molecule has 3 heteroatoms. The molecule has 1 saturated heterocycles. The van der Waals surface area contributed by atoms with E-state index in [2.05, 4.69) is 64.3 Å². The lowest BCUT2D eigenvalue weighted by atomic mass is 9.85. The van der Waals surface area contributed by atoms with Gasteiger partial charge in [-0.25, -0.2) is 0 Å². The van der Waals surface area contributed by atoms with Gasteiger partial charge in [-0.2, -0.15) is 0 Å². The fourth-order valence-corrected chi connectivity index (χ4v) is 6.04. The molecule has 3 aliphatic rings. The lowest BCUT2D eigenvalue weighted by molar-refractivity contribution is 0.0269. The maximum absolute atomic E-state index is 4.68. The Hall–Kier alpha value is -1.71. The molecule has 0 unspecified atom stereocenters. The predicted molar refractivity (Wildman–Crippen MR) is 119 cm³/mol. The SMILES string of the molecule is Cc1ccc(C2(N3CCN(CC4CCCCC4)CC3)Cc3ccccc3C2)cn1. The highest BCUT2D eigenvalue weighted by molar-refractivity contribution is 5.41. The maximum atomic E-state index is 4.68. The van der Waals surface area contributed by atoms with Crippen molar-refractivity contribution in [2.75, 3.05) is 32.7 Å². The smallest absolute Gasteiger partial charge is 0.0557 e. The number of hydrogen-bond donors (Lipinski definition) is 0. The third-order valence-corrected chi connectivity index (χ3v) is 7.75. The first-order valence-corrected chi connectivity index (χ1v) is 11.7. The molecule has 154 valence electrons. The average Bonchev–Trinajstić information content (AvgIpc) is 3.16. The molecule has 0 amide bonds. The summed E-state index contributed by atoms with van der Waals surface area (Å²) >= 11 is 0. The van der Waals surface area contributed by atoms with Crippen LogP contribution in [-0.4, -0.2) is 47.5 Å². The lowest BCUT2D eigenvalue weighted by Crippen LogP contribution is -2.56. The third kappa shape index (κ3) is 3.87. The van der Waals surface area contributed by atoms with Crippen molar-refractivity contribution in [3.63, 3.8) is 0 Å². The molecular weight excluding hydrogens is 354 g/mol. The van der Waals surface area contributed by atoms with E-state index in [9.17, 15) is 0 Å². The third-order valence-electron chi connectivity index (χ3n) is 7.75. The van der Waals surface area contributed by atoms with Gasteiger partial charge in [0.1, 0.15) is 0 Å². The molecule has 3 nitrogen and oxygen atoms in total. The van der Waals surface area contributed by atoms with Gasteiger partial charge in [0, 0.05) is 44.6 Å². The van der Waals surface area contributed by atoms with Crippen LogP contribution in [0.3, 0.4) is 0 Å². The first-order chi connectivity index (χ1) is 14.2. The number of piperazine rings is 1. The number of benzene rings is 1. The molecule has 5 rings (SSSR count). The summed E-state index contributed by atoms with van der Waals surface area (Å²) in [6.07, 6.45) is 11.7. The van der Waals surface area contributed by atoms with Crippen LogP contribution in [0, 0.1) is 12.8 Å². The standard InChI is InChI=1S/C26H35N3/c1-21-11-12-25(19-27-21)26(17-23-9-5-6-10-24(23)18-26)29-15-13-28(14-16-29)20-22-7-3-2-4-8-22/h5-6,9-12,19,22H,2-4,7-8,13-18,20H2,1H3. The minimum Gasteiger partial charge on any atom is -0.301 e. The molecule has 2 aromatic rings. The summed E-state index contributed by atoms with van der Waals surface area (Å²) < 4.78 is 0. The van der Waals surface area contributed by atoms with Crippen LogP contribution in [0.25, 0.3) is 0 Å². The van der Waals surface area contributed by atoms with Gasteiger partial charge in [0.2, 0.25) is 0 Å². The molecule has 0 atom stereocenters. The molecule has 1 saturated carbocycles. The highest BCUT2D eigenvalue weighted by atomic mass is 15.3. The molecule has 1 aromatic heterocycles. The molecule has 0 spiro atoms. The Bertz CT molecular complexity index is 789. The first kappa shape index (κ1) is 19.3. The van der Waals surface area contributed by atoms with Crippen LogP contribution in [0.1, 0.15) is 54.5 Å². The van der Waals surface area contributed by atoms with Crippen LogP contribution < -0.4 is 0 Å². The molecule has 2 heterocycles. The van der Waals surface area contributed by atoms with Crippen molar-refractivity contribution in [1.29, 1.82) is 0 Å². The van der Waals surface area contributed by atoms with Gasteiger partial charge in [-0.1, -0.05) is 49.6 Å². The number of nitrogens with zero attached hydrogens (tertiary/aromatic N) is 3. The number of pyridine rings is 1. The first-order valence-electron chi connectivity index (χ1n) is 11.7. The summed E-state index contributed by atoms with van der Waals surface area (Å²) in [7, 11) is 0. The summed E-state index contributed by atoms with van der Waals surface area (Å²) in [6, 6.07) is 13.6. The van der Waals surface area contributed by atoms with E-state index in [0.29, 0.717) is 0 Å². The molecule has 2 aliphatic carbocycles. The van der Waals surface area contributed by atoms with E-state index in [4.69, 9.17) is 0 Å². The number of aryl methyl sites for hydroxylation is 1. The lowest BCUT2D eigenvalue weighted by Gasteiger charge is -2.47. The zero-order chi connectivity index (χ0) is 19.7. The molecular formula is C26H35N3. The molecule has 1 aliphatic heterocycles. The molecule has 0 radical (unpaired) electrons. The van der Waals surface area contributed by atoms with Crippen LogP contribution in [-0.2, 0) is 18.4 Å². The van der Waals surface area contributed by atoms with Crippen molar-refractivity contribution in [3.05, 3.63) is 65.0 Å². The zero-order valence-corrected chi connectivity index (χ0v) is 17.9. The van der Waals surface area contributed by atoms with Crippen molar-refractivity contribution < 1.29 is 0 Å². The fourth-order valence-electron chi connectivity index (χ4n) is 6.04. The van der Waals surface area contributed by atoms with Gasteiger partial charge in [-0.15, -0.1) is 0 Å². The molecule has 0 N–H and O–H groups in total. The molecule has 1 aromatic carbocycles. The summed E-state index contributed by atoms with van der Waals surface area (Å²) in [5.41, 5.74) is 5.65. The van der Waals surface area contributed by atoms with Crippen LogP contribution in [0.5, 0.6) is 0 Å². The summed E-state index contributed by atoms with van der Waals surface area (Å²) in [5.74, 6) is 0.946. The second-order valence-corrected chi connectivity index (χ2v) is 9.63. The van der Waals surface area contributed by atoms with Crippen molar-refractivity contribution >= 4 is 0 Å². The molecule has 0 bridgehead atoms. The van der Waals surface area contributed by atoms with E-state index < -0.39 is 0 Å². The predicted octanol–water partition coefficient (Wildman–Crippen LogP) is 4.58. The average molecular weight is 390 g/mol. The van der Waals surface area contributed by atoms with E-state index in [1.165, 1.54) is 81.5 Å². The van der Waals surface area contributed by atoms with Crippen LogP contribution in [0.2, 0.25) is 0 Å². The van der Waals surface area contributed by atoms with Gasteiger partial charge < -0.3 is 4.90 Å². The van der Waals surface area contributed by atoms with Gasteiger partial charge in [-0.3, -0.25) is 9.88 Å². The van der Waals surface area contributed by atoms with Gasteiger partial charge in [0.15, 0.2) is 0 Å². The van der Waals surface area contributed by atoms with E-state index in [0.717, 1.165) is 24.5 Å². The highest BCUT2D eigenvalue weighted by Gasteiger charge is 2.44. The topological polar surface area (TPSA) is 19.4 Å². The van der Waals surface area contributed by atoms with Gasteiger partial charge in [-0.05, 0) is 61.3 Å². The monoisotopic (exact) mass is 389 g/mol. The Morgan fingerprint density at radius 3 is 2.21 bits per heavy atom. The van der Waals surface area contributed by atoms with E-state index in [1.54, 1.807) is 0 Å². The minimum absolute atomic E-state index is 0.0846. The van der Waals surface area contributed by atoms with E-state index >= 15 is 0 Å². The van der Waals surface area contributed by atoms with Crippen molar-refractivity contribution in [1.82, 2.24) is 14.8 Å². The number of fused-ring (bicyclic) bond motifs is 1. The minimum atomic E-state index is 0.0846. The van der Waals surface area contributed by atoms with Gasteiger partial charge in [0.25, 0.3) is 0 Å². The Balaban J connectivity index is 1.34. The van der Waals surface area contributed by atoms with Gasteiger partial charge in [0.05, 0.1) is 5.54 Å². The Labute approximate surface area is 176 Å². The second kappa shape index (κ2) is 8.20. The number of rotatable bonds is 4. The fraction of sp³-hybridized carbons (Fsp3) is 0.577. The zero-order valence-electron chi connectivity index (χ0n) is 17.9. The summed E-state index contributed by atoms with van der Waals surface area (Å²) in [6.45, 7) is 8.20. The largest absolute Gasteiger partial charge is 0.301 e. The van der Waals surface area contributed by atoms with Crippen molar-refractivity contribution in [2.45, 2.75) is 57.4 Å².